The Bertz CT molecular complexity index is 712. The highest BCUT2D eigenvalue weighted by Crippen LogP contribution is 2.10. The van der Waals surface area contributed by atoms with Crippen LogP contribution in [0.15, 0.2) is 54.6 Å². The van der Waals surface area contributed by atoms with Gasteiger partial charge in [-0.2, -0.15) is 0 Å². The Hall–Kier alpha value is -3.15. The van der Waals surface area contributed by atoms with Gasteiger partial charge in [0.15, 0.2) is 0 Å². The van der Waals surface area contributed by atoms with E-state index in [4.69, 9.17) is 0 Å². The topological polar surface area (TPSA) is 87.3 Å². The summed E-state index contributed by atoms with van der Waals surface area (Å²) in [5, 5.41) is 2.74. The molecule has 0 fully saturated rings. The number of rotatable bonds is 5. The number of hydrazine groups is 1. The fourth-order valence-corrected chi connectivity index (χ4v) is 2.00. The summed E-state index contributed by atoms with van der Waals surface area (Å²) in [6.07, 6.45) is 1.22. The second kappa shape index (κ2) is 8.47. The number of carbonyl (C=O) groups excluding carboxylic acids is 3. The summed E-state index contributed by atoms with van der Waals surface area (Å²) in [4.78, 5) is 35.4. The van der Waals surface area contributed by atoms with Crippen molar-refractivity contribution >= 4 is 23.4 Å². The molecule has 0 bridgehead atoms. The SMILES string of the molecule is CCCC(=O)Nc1ccc(C(=O)NNC(=O)c2ccccc2)cc1. The molecule has 3 amide bonds. The zero-order chi connectivity index (χ0) is 17.4. The van der Waals surface area contributed by atoms with E-state index < -0.39 is 11.8 Å². The van der Waals surface area contributed by atoms with Crippen LogP contribution in [-0.4, -0.2) is 17.7 Å². The summed E-state index contributed by atoms with van der Waals surface area (Å²) in [7, 11) is 0. The molecule has 6 heteroatoms. The smallest absolute Gasteiger partial charge is 0.269 e. The molecule has 0 aliphatic heterocycles. The zero-order valence-corrected chi connectivity index (χ0v) is 13.3. The summed E-state index contributed by atoms with van der Waals surface area (Å²) in [5.74, 6) is -0.900. The first kappa shape index (κ1) is 17.2. The predicted molar refractivity (Wildman–Crippen MR) is 91.4 cm³/mol. The average Bonchev–Trinajstić information content (AvgIpc) is 2.61. The molecule has 0 saturated heterocycles. The van der Waals surface area contributed by atoms with Crippen molar-refractivity contribution in [1.82, 2.24) is 10.9 Å². The van der Waals surface area contributed by atoms with Gasteiger partial charge in [0.1, 0.15) is 0 Å². The maximum atomic E-state index is 12.0. The summed E-state index contributed by atoms with van der Waals surface area (Å²) >= 11 is 0. The number of anilines is 1. The molecule has 0 aliphatic carbocycles. The number of amides is 3. The molecule has 0 aromatic heterocycles. The number of hydrogen-bond donors (Lipinski definition) is 3. The minimum absolute atomic E-state index is 0.0650. The van der Waals surface area contributed by atoms with Gasteiger partial charge < -0.3 is 5.32 Å². The van der Waals surface area contributed by atoms with Crippen LogP contribution in [0.1, 0.15) is 40.5 Å². The van der Waals surface area contributed by atoms with Crippen molar-refractivity contribution in [3.8, 4) is 0 Å². The first-order chi connectivity index (χ1) is 11.6. The molecule has 0 aliphatic rings. The Kier molecular flexibility index (Phi) is 6.08. The van der Waals surface area contributed by atoms with Crippen LogP contribution < -0.4 is 16.2 Å². The fourth-order valence-electron chi connectivity index (χ4n) is 2.00. The Balaban J connectivity index is 1.88. The lowest BCUT2D eigenvalue weighted by atomic mass is 10.2. The van der Waals surface area contributed by atoms with Crippen LogP contribution in [0.4, 0.5) is 5.69 Å². The lowest BCUT2D eigenvalue weighted by Gasteiger charge is -2.08. The Morgan fingerprint density at radius 1 is 0.792 bits per heavy atom. The minimum atomic E-state index is -0.439. The summed E-state index contributed by atoms with van der Waals surface area (Å²) < 4.78 is 0. The van der Waals surface area contributed by atoms with E-state index in [0.717, 1.165) is 6.42 Å². The van der Waals surface area contributed by atoms with E-state index in [0.29, 0.717) is 23.2 Å². The molecule has 2 aromatic rings. The predicted octanol–water partition coefficient (Wildman–Crippen LogP) is 2.50. The molecule has 0 atom stereocenters. The maximum Gasteiger partial charge on any atom is 0.269 e. The molecule has 0 saturated carbocycles. The molecule has 124 valence electrons. The van der Waals surface area contributed by atoms with Crippen molar-refractivity contribution in [2.24, 2.45) is 0 Å². The molecular weight excluding hydrogens is 306 g/mol. The van der Waals surface area contributed by atoms with Gasteiger partial charge in [-0.05, 0) is 42.8 Å². The third-order valence-electron chi connectivity index (χ3n) is 3.23. The quantitative estimate of drug-likeness (QED) is 0.738. The lowest BCUT2D eigenvalue weighted by molar-refractivity contribution is -0.116. The second-order valence-corrected chi connectivity index (χ2v) is 5.15. The van der Waals surface area contributed by atoms with Crippen LogP contribution in [0.25, 0.3) is 0 Å². The molecule has 0 spiro atoms. The first-order valence-corrected chi connectivity index (χ1v) is 7.66. The number of carbonyl (C=O) groups is 3. The fraction of sp³-hybridized carbons (Fsp3) is 0.167. The van der Waals surface area contributed by atoms with Gasteiger partial charge in [0.2, 0.25) is 5.91 Å². The van der Waals surface area contributed by atoms with E-state index in [2.05, 4.69) is 16.2 Å². The molecule has 6 nitrogen and oxygen atoms in total. The van der Waals surface area contributed by atoms with Crippen LogP contribution in [0.5, 0.6) is 0 Å². The molecule has 3 N–H and O–H groups in total. The minimum Gasteiger partial charge on any atom is -0.326 e. The standard InChI is InChI=1S/C18H19N3O3/c1-2-6-16(22)19-15-11-9-14(10-12-15)18(24)21-20-17(23)13-7-4-3-5-8-13/h3-5,7-12H,2,6H2,1H3,(H,19,22)(H,20,23)(H,21,24). The Labute approximate surface area is 140 Å². The lowest BCUT2D eigenvalue weighted by Crippen LogP contribution is -2.41. The summed E-state index contributed by atoms with van der Waals surface area (Å²) in [6.45, 7) is 1.93. The summed E-state index contributed by atoms with van der Waals surface area (Å²) in [6, 6.07) is 15.0. The third-order valence-corrected chi connectivity index (χ3v) is 3.23. The van der Waals surface area contributed by atoms with Crippen molar-refractivity contribution in [2.45, 2.75) is 19.8 Å². The normalized spacial score (nSPS) is 9.88. The van der Waals surface area contributed by atoms with Crippen LogP contribution in [0.3, 0.4) is 0 Å². The van der Waals surface area contributed by atoms with Crippen molar-refractivity contribution < 1.29 is 14.4 Å². The van der Waals surface area contributed by atoms with Crippen molar-refractivity contribution in [2.75, 3.05) is 5.32 Å². The van der Waals surface area contributed by atoms with Gasteiger partial charge >= 0.3 is 0 Å². The molecule has 0 unspecified atom stereocenters. The van der Waals surface area contributed by atoms with Crippen LogP contribution in [-0.2, 0) is 4.79 Å². The second-order valence-electron chi connectivity index (χ2n) is 5.15. The van der Waals surface area contributed by atoms with Crippen molar-refractivity contribution in [3.05, 3.63) is 65.7 Å². The van der Waals surface area contributed by atoms with E-state index in [9.17, 15) is 14.4 Å². The van der Waals surface area contributed by atoms with Gasteiger partial charge in [-0.1, -0.05) is 25.1 Å². The highest BCUT2D eigenvalue weighted by atomic mass is 16.2. The molecule has 24 heavy (non-hydrogen) atoms. The molecule has 0 heterocycles. The largest absolute Gasteiger partial charge is 0.326 e. The van der Waals surface area contributed by atoms with Gasteiger partial charge in [-0.3, -0.25) is 25.2 Å². The highest BCUT2D eigenvalue weighted by Gasteiger charge is 2.09. The Morgan fingerprint density at radius 2 is 1.33 bits per heavy atom. The van der Waals surface area contributed by atoms with Gasteiger partial charge in [-0.25, -0.2) is 0 Å². The van der Waals surface area contributed by atoms with Gasteiger partial charge in [-0.15, -0.1) is 0 Å². The van der Waals surface area contributed by atoms with Crippen molar-refractivity contribution in [3.63, 3.8) is 0 Å². The van der Waals surface area contributed by atoms with E-state index in [1.165, 1.54) is 0 Å². The average molecular weight is 325 g/mol. The van der Waals surface area contributed by atoms with Gasteiger partial charge in [0.05, 0.1) is 0 Å². The van der Waals surface area contributed by atoms with Crippen LogP contribution in [0.2, 0.25) is 0 Å². The monoisotopic (exact) mass is 325 g/mol. The highest BCUT2D eigenvalue weighted by molar-refractivity contribution is 5.99. The van der Waals surface area contributed by atoms with E-state index >= 15 is 0 Å². The molecule has 0 radical (unpaired) electrons. The van der Waals surface area contributed by atoms with E-state index in [-0.39, 0.29) is 5.91 Å². The van der Waals surface area contributed by atoms with E-state index in [1.807, 2.05) is 6.92 Å². The zero-order valence-electron chi connectivity index (χ0n) is 13.3. The number of benzene rings is 2. The number of nitrogens with one attached hydrogen (secondary N) is 3. The molecule has 2 rings (SSSR count). The van der Waals surface area contributed by atoms with Crippen LogP contribution >= 0.6 is 0 Å². The molecule has 2 aromatic carbocycles. The molecular formula is C18H19N3O3. The maximum absolute atomic E-state index is 12.0. The first-order valence-electron chi connectivity index (χ1n) is 7.66. The summed E-state index contributed by atoms with van der Waals surface area (Å²) in [5.41, 5.74) is 6.15. The van der Waals surface area contributed by atoms with Gasteiger partial charge in [0, 0.05) is 23.2 Å². The van der Waals surface area contributed by atoms with Gasteiger partial charge in [0.25, 0.3) is 11.8 Å². The number of hydrogen-bond acceptors (Lipinski definition) is 3. The Morgan fingerprint density at radius 3 is 1.88 bits per heavy atom. The van der Waals surface area contributed by atoms with E-state index in [1.54, 1.807) is 54.6 Å². The third kappa shape index (κ3) is 4.95. The van der Waals surface area contributed by atoms with Crippen molar-refractivity contribution in [1.29, 1.82) is 0 Å². The van der Waals surface area contributed by atoms with Crippen LogP contribution in [0, 0.1) is 0 Å².